The summed E-state index contributed by atoms with van der Waals surface area (Å²) in [4.78, 5) is 2.45. The van der Waals surface area contributed by atoms with Crippen molar-refractivity contribution in [3.63, 3.8) is 0 Å². The summed E-state index contributed by atoms with van der Waals surface area (Å²) in [6, 6.07) is 23.7. The second kappa shape index (κ2) is 10.2. The van der Waals surface area contributed by atoms with E-state index in [0.717, 1.165) is 58.4 Å². The topological polar surface area (TPSA) is 73.2 Å². The van der Waals surface area contributed by atoms with Crippen LogP contribution in [0.4, 0.5) is 0 Å². The molecule has 3 N–H and O–H groups in total. The number of hydrogen-bond acceptors (Lipinski definition) is 5. The van der Waals surface area contributed by atoms with E-state index in [1.807, 2.05) is 54.6 Å². The quantitative estimate of drug-likeness (QED) is 0.299. The molecule has 4 aromatic carbocycles. The molecule has 5 rings (SSSR count). The van der Waals surface area contributed by atoms with Crippen LogP contribution < -0.4 is 4.74 Å². The Morgan fingerprint density at radius 2 is 1.50 bits per heavy atom. The molecule has 1 aliphatic heterocycles. The van der Waals surface area contributed by atoms with Crippen LogP contribution in [0.25, 0.3) is 21.9 Å². The highest BCUT2D eigenvalue weighted by Crippen LogP contribution is 2.42. The Balaban J connectivity index is 1.46. The molecule has 0 spiro atoms. The molecule has 0 amide bonds. The minimum Gasteiger partial charge on any atom is -0.508 e. The van der Waals surface area contributed by atoms with Gasteiger partial charge in [0.2, 0.25) is 0 Å². The molecule has 0 saturated carbocycles. The standard InChI is InChI=1S/C31H33NO4/c1-31(35,24-8-13-27(14-9-24)36-20-19-32-17-3-2-4-18-32)30-28(22-5-10-25(33)11-6-22)15-7-23-21-26(34)12-16-29(23)30/h5-16,21,33-35H,2-4,17-20H2,1H3. The zero-order valence-electron chi connectivity index (χ0n) is 20.7. The van der Waals surface area contributed by atoms with Gasteiger partial charge in [-0.1, -0.05) is 48.9 Å². The first-order chi connectivity index (χ1) is 17.4. The zero-order chi connectivity index (χ0) is 25.1. The van der Waals surface area contributed by atoms with Crippen molar-refractivity contribution < 1.29 is 20.1 Å². The van der Waals surface area contributed by atoms with Gasteiger partial charge in [0, 0.05) is 12.1 Å². The van der Waals surface area contributed by atoms with E-state index in [-0.39, 0.29) is 11.5 Å². The molecule has 1 fully saturated rings. The van der Waals surface area contributed by atoms with E-state index >= 15 is 0 Å². The lowest BCUT2D eigenvalue weighted by Gasteiger charge is -2.29. The first-order valence-electron chi connectivity index (χ1n) is 12.7. The maximum absolute atomic E-state index is 12.0. The lowest BCUT2D eigenvalue weighted by Crippen LogP contribution is -2.33. The van der Waals surface area contributed by atoms with E-state index < -0.39 is 5.60 Å². The predicted molar refractivity (Wildman–Crippen MR) is 144 cm³/mol. The fraction of sp³-hybridized carbons (Fsp3) is 0.290. The molecule has 1 unspecified atom stereocenters. The number of piperidine rings is 1. The van der Waals surface area contributed by atoms with Gasteiger partial charge in [0.15, 0.2) is 0 Å². The van der Waals surface area contributed by atoms with Crippen molar-refractivity contribution in [2.45, 2.75) is 31.8 Å². The second-order valence-electron chi connectivity index (χ2n) is 9.79. The number of benzene rings is 4. The fourth-order valence-electron chi connectivity index (χ4n) is 5.22. The lowest BCUT2D eigenvalue weighted by atomic mass is 9.80. The van der Waals surface area contributed by atoms with Crippen molar-refractivity contribution in [2.75, 3.05) is 26.2 Å². The Morgan fingerprint density at radius 3 is 2.22 bits per heavy atom. The number of aliphatic hydroxyl groups is 1. The normalized spacial score (nSPS) is 16.1. The SMILES string of the molecule is CC(O)(c1ccc(OCCN2CCCCC2)cc1)c1c(-c2ccc(O)cc2)ccc2cc(O)ccc12. The number of ether oxygens (including phenoxy) is 1. The molecule has 1 heterocycles. The Kier molecular flexibility index (Phi) is 6.86. The second-order valence-corrected chi connectivity index (χ2v) is 9.79. The van der Waals surface area contributed by atoms with Crippen LogP contribution in [0.15, 0.2) is 78.9 Å². The van der Waals surface area contributed by atoms with Crippen molar-refractivity contribution in [2.24, 2.45) is 0 Å². The maximum atomic E-state index is 12.0. The van der Waals surface area contributed by atoms with E-state index in [0.29, 0.717) is 6.61 Å². The molecule has 4 aromatic rings. The van der Waals surface area contributed by atoms with Gasteiger partial charge in [0.1, 0.15) is 29.5 Å². The first-order valence-corrected chi connectivity index (χ1v) is 12.7. The number of aromatic hydroxyl groups is 2. The number of hydrogen-bond donors (Lipinski definition) is 3. The summed E-state index contributed by atoms with van der Waals surface area (Å²) in [5.74, 6) is 1.15. The summed E-state index contributed by atoms with van der Waals surface area (Å²) in [7, 11) is 0. The minimum atomic E-state index is -1.32. The van der Waals surface area contributed by atoms with Gasteiger partial charge in [0.05, 0.1) is 0 Å². The van der Waals surface area contributed by atoms with E-state index in [2.05, 4.69) is 4.90 Å². The van der Waals surface area contributed by atoms with Crippen LogP contribution in [0.3, 0.4) is 0 Å². The number of phenolic OH excluding ortho intramolecular Hbond substituents is 2. The zero-order valence-corrected chi connectivity index (χ0v) is 20.7. The van der Waals surface area contributed by atoms with Gasteiger partial charge in [-0.05, 0) is 96.7 Å². The highest BCUT2D eigenvalue weighted by molar-refractivity contribution is 5.94. The van der Waals surface area contributed by atoms with Crippen molar-refractivity contribution >= 4 is 10.8 Å². The van der Waals surface area contributed by atoms with Crippen molar-refractivity contribution in [1.29, 1.82) is 0 Å². The first kappa shape index (κ1) is 24.2. The molecular weight excluding hydrogens is 450 g/mol. The summed E-state index contributed by atoms with van der Waals surface area (Å²) < 4.78 is 6.00. The molecule has 1 saturated heterocycles. The fourth-order valence-corrected chi connectivity index (χ4v) is 5.22. The third-order valence-electron chi connectivity index (χ3n) is 7.21. The van der Waals surface area contributed by atoms with Gasteiger partial charge >= 0.3 is 0 Å². The van der Waals surface area contributed by atoms with Gasteiger partial charge < -0.3 is 20.1 Å². The summed E-state index contributed by atoms with van der Waals surface area (Å²) in [5, 5.41) is 33.5. The summed E-state index contributed by atoms with van der Waals surface area (Å²) in [5.41, 5.74) is 1.91. The largest absolute Gasteiger partial charge is 0.508 e. The summed E-state index contributed by atoms with van der Waals surface area (Å²) >= 11 is 0. The van der Waals surface area contributed by atoms with Gasteiger partial charge in [-0.25, -0.2) is 0 Å². The Labute approximate surface area is 212 Å². The Bertz CT molecular complexity index is 1320. The van der Waals surface area contributed by atoms with E-state index in [1.54, 1.807) is 31.2 Å². The number of nitrogens with zero attached hydrogens (tertiary/aromatic N) is 1. The average Bonchev–Trinajstić information content (AvgIpc) is 2.89. The molecule has 36 heavy (non-hydrogen) atoms. The minimum absolute atomic E-state index is 0.177. The van der Waals surface area contributed by atoms with Crippen molar-refractivity contribution in [3.8, 4) is 28.4 Å². The van der Waals surface area contributed by atoms with Gasteiger partial charge in [-0.3, -0.25) is 4.90 Å². The molecule has 186 valence electrons. The molecule has 0 aromatic heterocycles. The van der Waals surface area contributed by atoms with Crippen LogP contribution in [0.2, 0.25) is 0 Å². The van der Waals surface area contributed by atoms with Crippen molar-refractivity contribution in [1.82, 2.24) is 4.90 Å². The molecule has 0 bridgehead atoms. The molecule has 5 heteroatoms. The smallest absolute Gasteiger partial charge is 0.119 e. The monoisotopic (exact) mass is 483 g/mol. The Hall–Kier alpha value is -3.54. The number of fused-ring (bicyclic) bond motifs is 1. The van der Waals surface area contributed by atoms with Crippen LogP contribution in [0.5, 0.6) is 17.2 Å². The number of phenols is 2. The van der Waals surface area contributed by atoms with E-state index in [1.165, 1.54) is 19.3 Å². The highest BCUT2D eigenvalue weighted by Gasteiger charge is 2.31. The Morgan fingerprint density at radius 1 is 0.806 bits per heavy atom. The van der Waals surface area contributed by atoms with Gasteiger partial charge in [0.25, 0.3) is 0 Å². The van der Waals surface area contributed by atoms with E-state index in [4.69, 9.17) is 4.74 Å². The molecule has 1 atom stereocenters. The lowest BCUT2D eigenvalue weighted by molar-refractivity contribution is 0.104. The molecule has 1 aliphatic rings. The van der Waals surface area contributed by atoms with Crippen molar-refractivity contribution in [3.05, 3.63) is 90.0 Å². The maximum Gasteiger partial charge on any atom is 0.119 e. The average molecular weight is 484 g/mol. The molecule has 0 aliphatic carbocycles. The van der Waals surface area contributed by atoms with Crippen LogP contribution >= 0.6 is 0 Å². The number of likely N-dealkylation sites (tertiary alicyclic amines) is 1. The third kappa shape index (κ3) is 5.03. The van der Waals surface area contributed by atoms with Crippen LogP contribution in [-0.4, -0.2) is 46.5 Å². The van der Waals surface area contributed by atoms with E-state index in [9.17, 15) is 15.3 Å². The van der Waals surface area contributed by atoms with Gasteiger partial charge in [-0.2, -0.15) is 0 Å². The number of rotatable bonds is 7. The van der Waals surface area contributed by atoms with Crippen LogP contribution in [0.1, 0.15) is 37.3 Å². The molecule has 0 radical (unpaired) electrons. The van der Waals surface area contributed by atoms with Crippen LogP contribution in [0, 0.1) is 0 Å². The predicted octanol–water partition coefficient (Wildman–Crippen LogP) is 6.04. The summed E-state index contributed by atoms with van der Waals surface area (Å²) in [6.45, 7) is 5.67. The van der Waals surface area contributed by atoms with Crippen LogP contribution in [-0.2, 0) is 5.60 Å². The molecule has 5 nitrogen and oxygen atoms in total. The third-order valence-corrected chi connectivity index (χ3v) is 7.21. The summed E-state index contributed by atoms with van der Waals surface area (Å²) in [6.07, 6.45) is 3.86. The highest BCUT2D eigenvalue weighted by atomic mass is 16.5. The van der Waals surface area contributed by atoms with Gasteiger partial charge in [-0.15, -0.1) is 0 Å². The molecular formula is C31H33NO4.